The largest absolute Gasteiger partial charge is 0.368 e. The van der Waals surface area contributed by atoms with Crippen LogP contribution in [-0.2, 0) is 4.79 Å². The van der Waals surface area contributed by atoms with Gasteiger partial charge in [0, 0.05) is 10.9 Å². The van der Waals surface area contributed by atoms with Gasteiger partial charge in [0.2, 0.25) is 5.91 Å². The molecule has 2 rings (SSSR count). The predicted molar refractivity (Wildman–Crippen MR) is 78.4 cm³/mol. The van der Waals surface area contributed by atoms with Crippen LogP contribution in [0.1, 0.15) is 23.0 Å². The van der Waals surface area contributed by atoms with E-state index in [0.717, 1.165) is 10.6 Å². The number of nitrogens with two attached hydrogens (primary N) is 1. The van der Waals surface area contributed by atoms with Crippen molar-refractivity contribution in [3.63, 3.8) is 0 Å². The number of thiazole rings is 1. The molecule has 0 aliphatic heterocycles. The smallest absolute Gasteiger partial charge is 0.271 e. The molecule has 0 aliphatic carbocycles. The molecule has 0 saturated heterocycles. The molecule has 20 heavy (non-hydrogen) atoms. The molecule has 0 bridgehead atoms. The minimum absolute atomic E-state index is 0.290. The standard InChI is InChI=1S/C14H15N3O2S/c1-8-3-5-10(6-4-8)14-17-11(7-20-14)13(19)16-9(2)12(15)18/h3-7,9H,1-2H3,(H2,15,18)(H,16,19)/t9-/m1/s1. The third-order valence-electron chi connectivity index (χ3n) is 2.81. The average Bonchev–Trinajstić information content (AvgIpc) is 2.89. The molecule has 104 valence electrons. The van der Waals surface area contributed by atoms with Crippen LogP contribution in [0.4, 0.5) is 0 Å². The third kappa shape index (κ3) is 3.21. The Morgan fingerprint density at radius 3 is 2.55 bits per heavy atom. The molecule has 2 aromatic rings. The zero-order chi connectivity index (χ0) is 14.7. The molecule has 5 nitrogen and oxygen atoms in total. The molecule has 0 fully saturated rings. The van der Waals surface area contributed by atoms with E-state index >= 15 is 0 Å². The van der Waals surface area contributed by atoms with E-state index in [1.165, 1.54) is 23.8 Å². The molecular formula is C14H15N3O2S. The van der Waals surface area contributed by atoms with Gasteiger partial charge in [0.05, 0.1) is 0 Å². The quantitative estimate of drug-likeness (QED) is 0.898. The Kier molecular flexibility index (Phi) is 4.14. The van der Waals surface area contributed by atoms with E-state index in [2.05, 4.69) is 10.3 Å². The van der Waals surface area contributed by atoms with Gasteiger partial charge in [-0.25, -0.2) is 4.98 Å². The summed E-state index contributed by atoms with van der Waals surface area (Å²) in [5.74, 6) is -0.974. The number of carbonyl (C=O) groups is 2. The number of benzene rings is 1. The van der Waals surface area contributed by atoms with Crippen LogP contribution in [0.25, 0.3) is 10.6 Å². The summed E-state index contributed by atoms with van der Waals surface area (Å²) < 4.78 is 0. The number of primary amides is 1. The highest BCUT2D eigenvalue weighted by atomic mass is 32.1. The second kappa shape index (κ2) is 5.83. The first kappa shape index (κ1) is 14.2. The van der Waals surface area contributed by atoms with Gasteiger partial charge in [-0.1, -0.05) is 29.8 Å². The van der Waals surface area contributed by atoms with Gasteiger partial charge in [-0.2, -0.15) is 0 Å². The maximum Gasteiger partial charge on any atom is 0.271 e. The summed E-state index contributed by atoms with van der Waals surface area (Å²) in [6.07, 6.45) is 0. The number of nitrogens with zero attached hydrogens (tertiary/aromatic N) is 1. The molecule has 6 heteroatoms. The maximum atomic E-state index is 11.9. The van der Waals surface area contributed by atoms with E-state index < -0.39 is 17.9 Å². The Balaban J connectivity index is 2.14. The van der Waals surface area contributed by atoms with E-state index in [1.807, 2.05) is 31.2 Å². The molecule has 0 radical (unpaired) electrons. The highest BCUT2D eigenvalue weighted by molar-refractivity contribution is 7.13. The second-order valence-corrected chi connectivity index (χ2v) is 5.36. The van der Waals surface area contributed by atoms with Gasteiger partial charge in [-0.15, -0.1) is 11.3 Å². The first-order valence-electron chi connectivity index (χ1n) is 6.10. The zero-order valence-electron chi connectivity index (χ0n) is 11.2. The van der Waals surface area contributed by atoms with Gasteiger partial charge in [-0.05, 0) is 13.8 Å². The molecular weight excluding hydrogens is 274 g/mol. The number of hydrogen-bond donors (Lipinski definition) is 2. The molecule has 0 spiro atoms. The van der Waals surface area contributed by atoms with E-state index in [-0.39, 0.29) is 0 Å². The zero-order valence-corrected chi connectivity index (χ0v) is 12.0. The number of aromatic nitrogens is 1. The topological polar surface area (TPSA) is 85.1 Å². The lowest BCUT2D eigenvalue weighted by Crippen LogP contribution is -2.42. The Morgan fingerprint density at radius 2 is 1.95 bits per heavy atom. The number of nitrogens with one attached hydrogen (secondary N) is 1. The van der Waals surface area contributed by atoms with Crippen LogP contribution in [0, 0.1) is 6.92 Å². The van der Waals surface area contributed by atoms with Crippen molar-refractivity contribution in [2.45, 2.75) is 19.9 Å². The predicted octanol–water partition coefficient (Wildman–Crippen LogP) is 1.72. The normalized spacial score (nSPS) is 11.9. The number of aryl methyl sites for hydroxylation is 1. The number of amides is 2. The first-order chi connectivity index (χ1) is 9.47. The van der Waals surface area contributed by atoms with Gasteiger partial charge in [0.25, 0.3) is 5.91 Å². The molecule has 2 amide bonds. The summed E-state index contributed by atoms with van der Waals surface area (Å²) in [4.78, 5) is 27.1. The van der Waals surface area contributed by atoms with Crippen LogP contribution in [0.5, 0.6) is 0 Å². The summed E-state index contributed by atoms with van der Waals surface area (Å²) in [7, 11) is 0. The Labute approximate surface area is 120 Å². The van der Waals surface area contributed by atoms with Gasteiger partial charge in [-0.3, -0.25) is 9.59 Å². The van der Waals surface area contributed by atoms with Crippen molar-refractivity contribution in [1.82, 2.24) is 10.3 Å². The van der Waals surface area contributed by atoms with E-state index in [4.69, 9.17) is 5.73 Å². The Hall–Kier alpha value is -2.21. The summed E-state index contributed by atoms with van der Waals surface area (Å²) >= 11 is 1.38. The SMILES string of the molecule is Cc1ccc(-c2nc(C(=O)N[C@H](C)C(N)=O)cs2)cc1. The van der Waals surface area contributed by atoms with Gasteiger partial charge in [0.15, 0.2) is 0 Å². The van der Waals surface area contributed by atoms with Crippen LogP contribution in [0.3, 0.4) is 0 Å². The van der Waals surface area contributed by atoms with E-state index in [0.29, 0.717) is 5.69 Å². The fraction of sp³-hybridized carbons (Fsp3) is 0.214. The summed E-state index contributed by atoms with van der Waals surface area (Å²) in [6.45, 7) is 3.54. The third-order valence-corrected chi connectivity index (χ3v) is 3.70. The highest BCUT2D eigenvalue weighted by Gasteiger charge is 2.16. The molecule has 1 aromatic heterocycles. The van der Waals surface area contributed by atoms with Gasteiger partial charge < -0.3 is 11.1 Å². The van der Waals surface area contributed by atoms with Crippen LogP contribution >= 0.6 is 11.3 Å². The van der Waals surface area contributed by atoms with E-state index in [9.17, 15) is 9.59 Å². The van der Waals surface area contributed by atoms with Crippen molar-refractivity contribution in [3.05, 3.63) is 40.9 Å². The van der Waals surface area contributed by atoms with E-state index in [1.54, 1.807) is 5.38 Å². The Morgan fingerprint density at radius 1 is 1.30 bits per heavy atom. The van der Waals surface area contributed by atoms with Gasteiger partial charge >= 0.3 is 0 Å². The summed E-state index contributed by atoms with van der Waals surface area (Å²) in [6, 6.07) is 7.19. The van der Waals surface area contributed by atoms with Crippen molar-refractivity contribution in [2.75, 3.05) is 0 Å². The van der Waals surface area contributed by atoms with Gasteiger partial charge in [0.1, 0.15) is 16.7 Å². The second-order valence-electron chi connectivity index (χ2n) is 4.50. The lowest BCUT2D eigenvalue weighted by molar-refractivity contribution is -0.119. The molecule has 3 N–H and O–H groups in total. The monoisotopic (exact) mass is 289 g/mol. The molecule has 1 aromatic carbocycles. The highest BCUT2D eigenvalue weighted by Crippen LogP contribution is 2.23. The maximum absolute atomic E-state index is 11.9. The molecule has 0 unspecified atom stereocenters. The number of carbonyl (C=O) groups excluding carboxylic acids is 2. The molecule has 1 heterocycles. The lowest BCUT2D eigenvalue weighted by atomic mass is 10.2. The minimum Gasteiger partial charge on any atom is -0.368 e. The summed E-state index contributed by atoms with van der Waals surface area (Å²) in [5.41, 5.74) is 7.52. The van der Waals surface area contributed by atoms with Crippen LogP contribution in [0.15, 0.2) is 29.6 Å². The van der Waals surface area contributed by atoms with Crippen molar-refractivity contribution in [2.24, 2.45) is 5.73 Å². The average molecular weight is 289 g/mol. The first-order valence-corrected chi connectivity index (χ1v) is 6.98. The van der Waals surface area contributed by atoms with Crippen LogP contribution in [0.2, 0.25) is 0 Å². The van der Waals surface area contributed by atoms with Crippen molar-refractivity contribution in [1.29, 1.82) is 0 Å². The molecule has 0 aliphatic rings. The molecule has 1 atom stereocenters. The number of rotatable bonds is 4. The molecule has 0 saturated carbocycles. The van der Waals surface area contributed by atoms with Crippen molar-refractivity contribution < 1.29 is 9.59 Å². The van der Waals surface area contributed by atoms with Crippen LogP contribution in [-0.4, -0.2) is 22.8 Å². The summed E-state index contributed by atoms with van der Waals surface area (Å²) in [5, 5.41) is 4.93. The number of hydrogen-bond acceptors (Lipinski definition) is 4. The Bertz CT molecular complexity index is 634. The van der Waals surface area contributed by atoms with Crippen molar-refractivity contribution >= 4 is 23.2 Å². The fourth-order valence-electron chi connectivity index (χ4n) is 1.55. The fourth-order valence-corrected chi connectivity index (χ4v) is 2.35. The van der Waals surface area contributed by atoms with Crippen molar-refractivity contribution in [3.8, 4) is 10.6 Å². The lowest BCUT2D eigenvalue weighted by Gasteiger charge is -2.07. The minimum atomic E-state index is -0.716. The van der Waals surface area contributed by atoms with Crippen LogP contribution < -0.4 is 11.1 Å².